The van der Waals surface area contributed by atoms with Crippen molar-refractivity contribution >= 4 is 5.97 Å². The fraction of sp³-hybridized carbons (Fsp3) is 0.522. The third-order valence-corrected chi connectivity index (χ3v) is 5.20. The van der Waals surface area contributed by atoms with Crippen LogP contribution in [0.25, 0.3) is 11.4 Å². The van der Waals surface area contributed by atoms with Crippen LogP contribution in [-0.4, -0.2) is 22.1 Å². The molecule has 0 spiro atoms. The van der Waals surface area contributed by atoms with Crippen LogP contribution >= 0.6 is 0 Å². The zero-order chi connectivity index (χ0) is 22.2. The zero-order valence-corrected chi connectivity index (χ0v) is 17.8. The highest BCUT2D eigenvalue weighted by Crippen LogP contribution is 2.43. The number of esters is 1. The molecule has 1 aromatic heterocycles. The van der Waals surface area contributed by atoms with Gasteiger partial charge in [-0.05, 0) is 56.0 Å². The third kappa shape index (κ3) is 6.03. The second kappa shape index (κ2) is 10.5. The molecule has 1 aromatic carbocycles. The molecule has 0 aliphatic heterocycles. The number of hydrogen-bond donors (Lipinski definition) is 0. The Hall–Kier alpha value is -2.44. The summed E-state index contributed by atoms with van der Waals surface area (Å²) in [5.74, 6) is -0.717. The summed E-state index contributed by atoms with van der Waals surface area (Å²) >= 11 is 0. The summed E-state index contributed by atoms with van der Waals surface area (Å²) in [5.41, 5.74) is -0.769. The molecule has 30 heavy (non-hydrogen) atoms. The molecular weight excluding hydrogens is 393 g/mol. The predicted octanol–water partition coefficient (Wildman–Crippen LogP) is 6.54. The minimum absolute atomic E-state index is 0.0620. The van der Waals surface area contributed by atoms with Crippen molar-refractivity contribution in [3.63, 3.8) is 0 Å². The number of ether oxygens (including phenoxy) is 1. The standard InChI is InChI=1S/C23H29F3N2O2/c1-4-6-8-9-17-15-27-20(28-16-17)18-10-12-19(13-11-18)30-21(29)22(3,14-7-5-2)23(24,25)26/h10-13,15-16H,4-9,14H2,1-3H3. The van der Waals surface area contributed by atoms with Gasteiger partial charge >= 0.3 is 12.1 Å². The number of benzene rings is 1. The Labute approximate surface area is 175 Å². The van der Waals surface area contributed by atoms with Crippen molar-refractivity contribution in [3.8, 4) is 17.1 Å². The maximum absolute atomic E-state index is 13.5. The Morgan fingerprint density at radius 3 is 2.10 bits per heavy atom. The van der Waals surface area contributed by atoms with Gasteiger partial charge in [0.1, 0.15) is 5.75 Å². The van der Waals surface area contributed by atoms with Crippen LogP contribution in [-0.2, 0) is 11.2 Å². The minimum Gasteiger partial charge on any atom is -0.426 e. The lowest BCUT2D eigenvalue weighted by atomic mass is 9.84. The van der Waals surface area contributed by atoms with E-state index >= 15 is 0 Å². The molecule has 0 aliphatic carbocycles. The van der Waals surface area contributed by atoms with Crippen LogP contribution in [0, 0.1) is 5.41 Å². The molecule has 7 heteroatoms. The Kier molecular flexibility index (Phi) is 8.38. The van der Waals surface area contributed by atoms with Crippen LogP contribution in [0.5, 0.6) is 5.75 Å². The van der Waals surface area contributed by atoms with Gasteiger partial charge in [-0.1, -0.05) is 39.5 Å². The fourth-order valence-electron chi connectivity index (χ4n) is 2.99. The predicted molar refractivity (Wildman–Crippen MR) is 110 cm³/mol. The highest BCUT2D eigenvalue weighted by Gasteiger charge is 2.57. The number of alkyl halides is 3. The van der Waals surface area contributed by atoms with E-state index < -0.39 is 17.6 Å². The number of hydrogen-bond acceptors (Lipinski definition) is 4. The van der Waals surface area contributed by atoms with Crippen molar-refractivity contribution in [2.75, 3.05) is 0 Å². The molecule has 0 fully saturated rings. The van der Waals surface area contributed by atoms with Crippen LogP contribution in [0.2, 0.25) is 0 Å². The summed E-state index contributed by atoms with van der Waals surface area (Å²) < 4.78 is 45.5. The van der Waals surface area contributed by atoms with E-state index in [4.69, 9.17) is 4.74 Å². The summed E-state index contributed by atoms with van der Waals surface area (Å²) in [6, 6.07) is 6.18. The van der Waals surface area contributed by atoms with E-state index in [0.29, 0.717) is 17.8 Å². The topological polar surface area (TPSA) is 52.1 Å². The van der Waals surface area contributed by atoms with Crippen molar-refractivity contribution in [1.29, 1.82) is 0 Å². The molecule has 0 bridgehead atoms. The summed E-state index contributed by atoms with van der Waals surface area (Å²) in [6.07, 6.45) is 3.77. The van der Waals surface area contributed by atoms with Crippen molar-refractivity contribution < 1.29 is 22.7 Å². The molecule has 4 nitrogen and oxygen atoms in total. The lowest BCUT2D eigenvalue weighted by Gasteiger charge is -2.29. The first-order valence-corrected chi connectivity index (χ1v) is 10.4. The fourth-order valence-corrected chi connectivity index (χ4v) is 2.99. The molecule has 0 amide bonds. The van der Waals surface area contributed by atoms with E-state index in [9.17, 15) is 18.0 Å². The Morgan fingerprint density at radius 1 is 0.967 bits per heavy atom. The number of nitrogens with zero attached hydrogens (tertiary/aromatic N) is 2. The minimum atomic E-state index is -4.67. The average molecular weight is 422 g/mol. The normalized spacial score (nSPS) is 13.7. The summed E-state index contributed by atoms with van der Waals surface area (Å²) in [7, 11) is 0. The SMILES string of the molecule is CCCCCc1cnc(-c2ccc(OC(=O)C(C)(CCCC)C(F)(F)F)cc2)nc1. The highest BCUT2D eigenvalue weighted by molar-refractivity contribution is 5.79. The molecule has 0 N–H and O–H groups in total. The molecule has 0 saturated carbocycles. The number of aryl methyl sites for hydroxylation is 1. The first-order chi connectivity index (χ1) is 14.2. The quantitative estimate of drug-likeness (QED) is 0.248. The molecule has 1 heterocycles. The van der Waals surface area contributed by atoms with Gasteiger partial charge in [-0.25, -0.2) is 9.97 Å². The molecular formula is C23H29F3N2O2. The molecule has 1 atom stereocenters. The van der Waals surface area contributed by atoms with Gasteiger partial charge in [0, 0.05) is 18.0 Å². The first-order valence-electron chi connectivity index (χ1n) is 10.4. The number of carbonyl (C=O) groups excluding carboxylic acids is 1. The van der Waals surface area contributed by atoms with Crippen LogP contribution in [0.15, 0.2) is 36.7 Å². The van der Waals surface area contributed by atoms with Gasteiger partial charge in [0.05, 0.1) is 0 Å². The Bertz CT molecular complexity index is 805. The molecule has 2 aromatic rings. The number of rotatable bonds is 10. The molecule has 2 rings (SSSR count). The summed E-state index contributed by atoms with van der Waals surface area (Å²) in [4.78, 5) is 21.0. The number of unbranched alkanes of at least 4 members (excludes halogenated alkanes) is 3. The highest BCUT2D eigenvalue weighted by atomic mass is 19.4. The Morgan fingerprint density at radius 2 is 1.57 bits per heavy atom. The van der Waals surface area contributed by atoms with Crippen LogP contribution in [0.3, 0.4) is 0 Å². The van der Waals surface area contributed by atoms with E-state index in [2.05, 4.69) is 16.9 Å². The lowest BCUT2D eigenvalue weighted by molar-refractivity contribution is -0.226. The van der Waals surface area contributed by atoms with E-state index in [0.717, 1.165) is 38.2 Å². The number of aromatic nitrogens is 2. The largest absolute Gasteiger partial charge is 0.426 e. The second-order valence-electron chi connectivity index (χ2n) is 7.72. The molecule has 1 unspecified atom stereocenters. The van der Waals surface area contributed by atoms with Crippen molar-refractivity contribution in [3.05, 3.63) is 42.2 Å². The molecule has 0 saturated heterocycles. The maximum atomic E-state index is 13.5. The van der Waals surface area contributed by atoms with E-state index in [1.165, 1.54) is 12.1 Å². The van der Waals surface area contributed by atoms with Gasteiger partial charge in [0.25, 0.3) is 0 Å². The van der Waals surface area contributed by atoms with E-state index in [1.54, 1.807) is 31.5 Å². The average Bonchev–Trinajstić information content (AvgIpc) is 2.72. The van der Waals surface area contributed by atoms with Gasteiger partial charge in [-0.15, -0.1) is 0 Å². The van der Waals surface area contributed by atoms with Gasteiger partial charge in [-0.2, -0.15) is 13.2 Å². The van der Waals surface area contributed by atoms with E-state index in [-0.39, 0.29) is 18.6 Å². The van der Waals surface area contributed by atoms with Crippen molar-refractivity contribution in [2.45, 2.75) is 71.9 Å². The molecule has 0 aliphatic rings. The van der Waals surface area contributed by atoms with Crippen LogP contribution in [0.4, 0.5) is 13.2 Å². The number of halogens is 3. The van der Waals surface area contributed by atoms with Crippen LogP contribution in [0.1, 0.15) is 64.9 Å². The molecule has 164 valence electrons. The van der Waals surface area contributed by atoms with Gasteiger partial charge < -0.3 is 4.74 Å². The second-order valence-corrected chi connectivity index (χ2v) is 7.72. The van der Waals surface area contributed by atoms with Gasteiger partial charge in [0.2, 0.25) is 0 Å². The smallest absolute Gasteiger partial charge is 0.404 e. The zero-order valence-electron chi connectivity index (χ0n) is 17.8. The Balaban J connectivity index is 2.07. The van der Waals surface area contributed by atoms with Crippen molar-refractivity contribution in [2.24, 2.45) is 5.41 Å². The van der Waals surface area contributed by atoms with Gasteiger partial charge in [0.15, 0.2) is 11.2 Å². The first kappa shape index (κ1) is 23.8. The van der Waals surface area contributed by atoms with Gasteiger partial charge in [-0.3, -0.25) is 4.79 Å². The third-order valence-electron chi connectivity index (χ3n) is 5.20. The summed E-state index contributed by atoms with van der Waals surface area (Å²) in [6.45, 7) is 4.82. The van der Waals surface area contributed by atoms with E-state index in [1.807, 2.05) is 0 Å². The molecule has 0 radical (unpaired) electrons. The maximum Gasteiger partial charge on any atom is 0.404 e. The number of carbonyl (C=O) groups is 1. The monoisotopic (exact) mass is 422 g/mol. The summed E-state index contributed by atoms with van der Waals surface area (Å²) in [5, 5.41) is 0. The lowest BCUT2D eigenvalue weighted by Crippen LogP contribution is -2.44. The van der Waals surface area contributed by atoms with Crippen LogP contribution < -0.4 is 4.74 Å². The van der Waals surface area contributed by atoms with Crippen molar-refractivity contribution in [1.82, 2.24) is 9.97 Å².